The van der Waals surface area contributed by atoms with Crippen LogP contribution < -0.4 is 0 Å². The van der Waals surface area contributed by atoms with Crippen molar-refractivity contribution in [1.82, 2.24) is 0 Å². The molecule has 0 saturated carbocycles. The molecule has 0 N–H and O–H groups in total. The fourth-order valence-electron chi connectivity index (χ4n) is 1.82. The molecule has 94 valence electrons. The van der Waals surface area contributed by atoms with E-state index >= 15 is 0 Å². The molecule has 2 nitrogen and oxygen atoms in total. The number of thioether (sulfide) groups is 1. The van der Waals surface area contributed by atoms with Gasteiger partial charge in [0.1, 0.15) is 5.76 Å². The van der Waals surface area contributed by atoms with E-state index in [1.807, 2.05) is 0 Å². The monoisotopic (exact) mass is 268 g/mol. The van der Waals surface area contributed by atoms with E-state index in [1.165, 1.54) is 6.08 Å². The number of ether oxygens (including phenoxy) is 2. The average Bonchev–Trinajstić information content (AvgIpc) is 3.01. The molecule has 0 aromatic carbocycles. The van der Waals surface area contributed by atoms with Crippen LogP contribution in [-0.4, -0.2) is 23.2 Å². The fourth-order valence-corrected chi connectivity index (χ4v) is 2.53. The van der Waals surface area contributed by atoms with Crippen LogP contribution in [0.25, 0.3) is 0 Å². The Labute approximate surface area is 98.6 Å². The van der Waals surface area contributed by atoms with E-state index in [1.54, 1.807) is 11.8 Å². The number of halogens is 4. The first-order valence-corrected chi connectivity index (χ1v) is 6.13. The van der Waals surface area contributed by atoms with E-state index in [2.05, 4.69) is 9.47 Å². The van der Waals surface area contributed by atoms with Crippen LogP contribution in [0.5, 0.6) is 0 Å². The van der Waals surface area contributed by atoms with E-state index in [0.29, 0.717) is 11.7 Å². The summed E-state index contributed by atoms with van der Waals surface area (Å²) in [5, 5.41) is 0.323. The molecule has 0 spiro atoms. The van der Waals surface area contributed by atoms with Gasteiger partial charge in [0, 0.05) is 17.4 Å². The maximum atomic E-state index is 12.9. The Kier molecular flexibility index (Phi) is 2.21. The summed E-state index contributed by atoms with van der Waals surface area (Å²) in [6.07, 6.45) is -7.05. The average molecular weight is 268 g/mol. The highest BCUT2D eigenvalue weighted by atomic mass is 32.2. The van der Waals surface area contributed by atoms with Crippen molar-refractivity contribution in [3.05, 3.63) is 23.2 Å². The third kappa shape index (κ3) is 1.80. The Morgan fingerprint density at radius 2 is 1.76 bits per heavy atom. The third-order valence-electron chi connectivity index (χ3n) is 2.81. The van der Waals surface area contributed by atoms with E-state index in [4.69, 9.17) is 0 Å². The fraction of sp³-hybridized carbons (Fsp3) is 0.600. The lowest BCUT2D eigenvalue weighted by Crippen LogP contribution is -2.48. The van der Waals surface area contributed by atoms with Crippen LogP contribution >= 0.6 is 11.8 Å². The molecule has 7 heteroatoms. The van der Waals surface area contributed by atoms with Crippen LogP contribution in [0.15, 0.2) is 23.2 Å². The summed E-state index contributed by atoms with van der Waals surface area (Å²) < 4.78 is 59.7. The van der Waals surface area contributed by atoms with Gasteiger partial charge in [0.05, 0.1) is 0 Å². The number of rotatable bonds is 1. The molecule has 3 aliphatic rings. The molecule has 0 bridgehead atoms. The van der Waals surface area contributed by atoms with E-state index < -0.39 is 12.2 Å². The quantitative estimate of drug-likeness (QED) is 0.537. The Bertz CT molecular complexity index is 426. The maximum Gasteiger partial charge on any atom is 0.507 e. The molecule has 1 unspecified atom stereocenters. The van der Waals surface area contributed by atoms with E-state index in [9.17, 15) is 17.6 Å². The Hall–Kier alpha value is -0.850. The van der Waals surface area contributed by atoms with Gasteiger partial charge >= 0.3 is 12.2 Å². The smallest absolute Gasteiger partial charge is 0.426 e. The normalized spacial score (nSPS) is 33.2. The van der Waals surface area contributed by atoms with Crippen molar-refractivity contribution < 1.29 is 27.0 Å². The molecule has 0 radical (unpaired) electrons. The van der Waals surface area contributed by atoms with Gasteiger partial charge < -0.3 is 9.47 Å². The van der Waals surface area contributed by atoms with Gasteiger partial charge in [-0.1, -0.05) is 5.57 Å². The van der Waals surface area contributed by atoms with Crippen molar-refractivity contribution in [3.8, 4) is 0 Å². The third-order valence-corrected chi connectivity index (χ3v) is 3.78. The second kappa shape index (κ2) is 3.34. The number of alkyl halides is 4. The lowest BCUT2D eigenvalue weighted by molar-refractivity contribution is -0.427. The SMILES string of the molecule is FC1(F)OC2=C(CCC(C3CS3)=C2)OC1(F)F. The van der Waals surface area contributed by atoms with E-state index in [0.717, 1.165) is 11.3 Å². The molecule has 17 heavy (non-hydrogen) atoms. The minimum Gasteiger partial charge on any atom is -0.426 e. The molecule has 1 saturated heterocycles. The Morgan fingerprint density at radius 1 is 1.12 bits per heavy atom. The first kappa shape index (κ1) is 11.3. The molecule has 1 fully saturated rings. The van der Waals surface area contributed by atoms with Gasteiger partial charge in [-0.2, -0.15) is 29.3 Å². The minimum atomic E-state index is -4.61. The summed E-state index contributed by atoms with van der Waals surface area (Å²) in [6.45, 7) is 0. The van der Waals surface area contributed by atoms with Crippen LogP contribution in [0.2, 0.25) is 0 Å². The van der Waals surface area contributed by atoms with Crippen molar-refractivity contribution in [2.24, 2.45) is 0 Å². The van der Waals surface area contributed by atoms with Crippen LogP contribution in [0.4, 0.5) is 17.6 Å². The highest BCUT2D eigenvalue weighted by Crippen LogP contribution is 2.49. The predicted octanol–water partition coefficient (Wildman–Crippen LogP) is 3.27. The number of hydrogen-bond acceptors (Lipinski definition) is 3. The standard InChI is InChI=1S/C10H8F4O2S/c11-9(12)10(13,14)16-7-3-5(8-4-17-8)1-2-6(7)15-9/h3,8H,1-2,4H2. The highest BCUT2D eigenvalue weighted by Gasteiger charge is 2.66. The molecule has 0 amide bonds. The molecular formula is C10H8F4O2S. The van der Waals surface area contributed by atoms with Crippen molar-refractivity contribution in [1.29, 1.82) is 0 Å². The van der Waals surface area contributed by atoms with Gasteiger partial charge in [-0.15, -0.1) is 0 Å². The maximum absolute atomic E-state index is 12.9. The summed E-state index contributed by atoms with van der Waals surface area (Å²) in [6, 6.07) is 0. The second-order valence-electron chi connectivity index (χ2n) is 4.07. The summed E-state index contributed by atoms with van der Waals surface area (Å²) in [5.41, 5.74) is 0.957. The lowest BCUT2D eigenvalue weighted by atomic mass is 10.00. The topological polar surface area (TPSA) is 18.5 Å². The first-order chi connectivity index (χ1) is 7.89. The molecule has 1 atom stereocenters. The molecule has 2 aliphatic heterocycles. The summed E-state index contributed by atoms with van der Waals surface area (Å²) >= 11 is 1.69. The summed E-state index contributed by atoms with van der Waals surface area (Å²) in [4.78, 5) is 0. The zero-order chi connectivity index (χ0) is 12.3. The van der Waals surface area contributed by atoms with Gasteiger partial charge in [0.2, 0.25) is 0 Å². The number of allylic oxidation sites excluding steroid dienone is 2. The first-order valence-electron chi connectivity index (χ1n) is 5.08. The van der Waals surface area contributed by atoms with Crippen molar-refractivity contribution in [3.63, 3.8) is 0 Å². The van der Waals surface area contributed by atoms with Gasteiger partial charge in [0.25, 0.3) is 0 Å². The molecule has 2 heterocycles. The van der Waals surface area contributed by atoms with Crippen LogP contribution in [0.3, 0.4) is 0 Å². The van der Waals surface area contributed by atoms with E-state index in [-0.39, 0.29) is 17.9 Å². The van der Waals surface area contributed by atoms with Gasteiger partial charge in [-0.3, -0.25) is 0 Å². The minimum absolute atomic E-state index is 0.184. The van der Waals surface area contributed by atoms with Crippen molar-refractivity contribution >= 4 is 11.8 Å². The lowest BCUT2D eigenvalue weighted by Gasteiger charge is -2.34. The van der Waals surface area contributed by atoms with Gasteiger partial charge in [0.15, 0.2) is 5.76 Å². The van der Waals surface area contributed by atoms with Crippen molar-refractivity contribution in [2.45, 2.75) is 30.3 Å². The highest BCUT2D eigenvalue weighted by molar-refractivity contribution is 8.07. The number of hydrogen-bond donors (Lipinski definition) is 0. The van der Waals surface area contributed by atoms with Crippen molar-refractivity contribution in [2.75, 3.05) is 5.75 Å². The molecule has 1 aliphatic carbocycles. The second-order valence-corrected chi connectivity index (χ2v) is 5.30. The Morgan fingerprint density at radius 3 is 2.41 bits per heavy atom. The van der Waals surface area contributed by atoms with Crippen LogP contribution in [0.1, 0.15) is 12.8 Å². The van der Waals surface area contributed by atoms with Crippen LogP contribution in [0, 0.1) is 0 Å². The van der Waals surface area contributed by atoms with Gasteiger partial charge in [-0.05, 0) is 12.5 Å². The summed E-state index contributed by atoms with van der Waals surface area (Å²) in [7, 11) is 0. The molecular weight excluding hydrogens is 260 g/mol. The molecule has 3 rings (SSSR count). The molecule has 0 aromatic rings. The Balaban J connectivity index is 1.92. The predicted molar refractivity (Wildman–Crippen MR) is 52.7 cm³/mol. The zero-order valence-corrected chi connectivity index (χ0v) is 9.33. The summed E-state index contributed by atoms with van der Waals surface area (Å²) in [5.74, 6) is 0.506. The molecule has 0 aromatic heterocycles. The largest absolute Gasteiger partial charge is 0.507 e. The zero-order valence-electron chi connectivity index (χ0n) is 8.51. The van der Waals surface area contributed by atoms with Crippen LogP contribution in [-0.2, 0) is 9.47 Å². The van der Waals surface area contributed by atoms with Gasteiger partial charge in [-0.25, -0.2) is 0 Å².